The molecule has 1 aromatic rings. The zero-order valence-electron chi connectivity index (χ0n) is 10.9. The molecule has 0 N–H and O–H groups in total. The van der Waals surface area contributed by atoms with Gasteiger partial charge in [-0.3, -0.25) is 0 Å². The Bertz CT molecular complexity index is 654. The van der Waals surface area contributed by atoms with E-state index < -0.39 is 0 Å². The van der Waals surface area contributed by atoms with Crippen LogP contribution in [0.5, 0.6) is 0 Å². The van der Waals surface area contributed by atoms with Crippen molar-refractivity contribution in [3.63, 3.8) is 0 Å². The number of benzene rings is 1. The van der Waals surface area contributed by atoms with Crippen LogP contribution in [-0.4, -0.2) is 27.6 Å². The van der Waals surface area contributed by atoms with Crippen molar-refractivity contribution in [2.45, 2.75) is 13.0 Å². The van der Waals surface area contributed by atoms with Gasteiger partial charge in [-0.2, -0.15) is 0 Å². The number of hydrogen-bond donors (Lipinski definition) is 0. The van der Waals surface area contributed by atoms with Gasteiger partial charge in [0, 0.05) is 8.98 Å². The second kappa shape index (κ2) is 5.69. The number of nitrogens with zero attached hydrogens (tertiary/aromatic N) is 3. The Morgan fingerprint density at radius 1 is 1.55 bits per heavy atom. The number of hydrazine groups is 1. The van der Waals surface area contributed by atoms with E-state index in [0.717, 1.165) is 21.3 Å². The molecule has 0 spiro atoms. The number of hydrogen-bond acceptors (Lipinski definition) is 3. The lowest BCUT2D eigenvalue weighted by molar-refractivity contribution is -0.695. The number of amidine groups is 1. The Morgan fingerprint density at radius 3 is 3.20 bits per heavy atom. The van der Waals surface area contributed by atoms with Crippen molar-refractivity contribution in [1.82, 2.24) is 5.01 Å². The first kappa shape index (κ1) is 13.8. The van der Waals surface area contributed by atoms with Crippen LogP contribution in [0.25, 0.3) is 6.08 Å². The van der Waals surface area contributed by atoms with Gasteiger partial charge in [0.25, 0.3) is 6.04 Å². The van der Waals surface area contributed by atoms with Crippen LogP contribution >= 0.6 is 34.4 Å². The Morgan fingerprint density at radius 2 is 2.40 bits per heavy atom. The van der Waals surface area contributed by atoms with Gasteiger partial charge in [0.2, 0.25) is 5.17 Å². The molecule has 2 heterocycles. The molecule has 1 atom stereocenters. The predicted molar refractivity (Wildman–Crippen MR) is 91.1 cm³/mol. The highest BCUT2D eigenvalue weighted by Gasteiger charge is 2.41. The van der Waals surface area contributed by atoms with Gasteiger partial charge in [-0.15, -0.1) is 0 Å². The van der Waals surface area contributed by atoms with Crippen molar-refractivity contribution in [2.75, 3.05) is 6.54 Å². The smallest absolute Gasteiger partial charge is 0.249 e. The van der Waals surface area contributed by atoms with E-state index in [2.05, 4.69) is 33.6 Å². The summed E-state index contributed by atoms with van der Waals surface area (Å²) >= 11 is 3.78. The number of halogens is 1. The van der Waals surface area contributed by atoms with Gasteiger partial charge in [-0.1, -0.05) is 35.0 Å². The van der Waals surface area contributed by atoms with Crippen molar-refractivity contribution >= 4 is 45.6 Å². The van der Waals surface area contributed by atoms with Crippen LogP contribution in [-0.2, 0) is 0 Å². The topological polar surface area (TPSA) is 35.7 Å². The lowest BCUT2D eigenvalue weighted by Crippen LogP contribution is -2.44. The number of thioether (sulfide) groups is 1. The van der Waals surface area contributed by atoms with E-state index in [0.29, 0.717) is 6.54 Å². The molecule has 3 rings (SSSR count). The summed E-state index contributed by atoms with van der Waals surface area (Å²) in [6, 6.07) is 7.92. The van der Waals surface area contributed by atoms with Crippen LogP contribution in [0.2, 0.25) is 0 Å². The molecule has 0 aromatic heterocycles. The molecule has 0 aliphatic carbocycles. The molecule has 0 bridgehead atoms. The van der Waals surface area contributed by atoms with E-state index in [9.17, 15) is 4.91 Å². The van der Waals surface area contributed by atoms with Gasteiger partial charge in [0.05, 0.1) is 10.6 Å². The maximum absolute atomic E-state index is 12.4. The summed E-state index contributed by atoms with van der Waals surface area (Å²) < 4.78 is 1.18. The monoisotopic (exact) mass is 398 g/mol. The van der Waals surface area contributed by atoms with Crippen molar-refractivity contribution in [1.29, 1.82) is 0 Å². The largest absolute Gasteiger partial charge is 0.273 e. The van der Waals surface area contributed by atoms with E-state index in [1.165, 1.54) is 15.3 Å². The number of allylic oxidation sites excluding steroid dienone is 1. The maximum Gasteiger partial charge on any atom is 0.273 e. The highest BCUT2D eigenvalue weighted by atomic mass is 127. The molecule has 1 aromatic carbocycles. The maximum atomic E-state index is 12.4. The SMILES string of the molecule is CC1=CSC2=NCC(C=Cc3cccc(I)c3)[N+](=O)N12. The normalized spacial score (nSPS) is 22.0. The van der Waals surface area contributed by atoms with Crippen molar-refractivity contribution < 1.29 is 4.87 Å². The molecule has 102 valence electrons. The highest BCUT2D eigenvalue weighted by molar-refractivity contribution is 14.1. The van der Waals surface area contributed by atoms with E-state index in [1.54, 1.807) is 5.01 Å². The van der Waals surface area contributed by atoms with Crippen molar-refractivity contribution in [2.24, 2.45) is 4.99 Å². The van der Waals surface area contributed by atoms with Crippen molar-refractivity contribution in [3.8, 4) is 0 Å². The average Bonchev–Trinajstić information content (AvgIpc) is 2.80. The van der Waals surface area contributed by atoms with Gasteiger partial charge >= 0.3 is 0 Å². The summed E-state index contributed by atoms with van der Waals surface area (Å²) in [5.41, 5.74) is 2.03. The molecule has 0 amide bonds. The molecule has 1 unspecified atom stereocenters. The molecule has 4 nitrogen and oxygen atoms in total. The van der Waals surface area contributed by atoms with Gasteiger partial charge in [-0.05, 0) is 53.3 Å². The predicted octanol–water partition coefficient (Wildman–Crippen LogP) is 3.65. The Balaban J connectivity index is 1.79. The van der Waals surface area contributed by atoms with Crippen LogP contribution in [0, 0.1) is 8.48 Å². The van der Waals surface area contributed by atoms with Crippen LogP contribution in [0.3, 0.4) is 0 Å². The fourth-order valence-electron chi connectivity index (χ4n) is 2.09. The lowest BCUT2D eigenvalue weighted by atomic mass is 10.1. The minimum absolute atomic E-state index is 0.251. The van der Waals surface area contributed by atoms with Crippen molar-refractivity contribution in [3.05, 3.63) is 55.5 Å². The second-order valence-corrected chi connectivity index (χ2v) is 6.68. The molecule has 2 aliphatic rings. The molecule has 0 radical (unpaired) electrons. The van der Waals surface area contributed by atoms with Gasteiger partial charge in [0.1, 0.15) is 11.4 Å². The summed E-state index contributed by atoms with van der Waals surface area (Å²) in [7, 11) is 0. The van der Waals surface area contributed by atoms with E-state index in [4.69, 9.17) is 0 Å². The van der Waals surface area contributed by atoms with Crippen LogP contribution < -0.4 is 0 Å². The number of rotatable bonds is 2. The molecule has 6 heteroatoms. The molecule has 0 saturated carbocycles. The lowest BCUT2D eigenvalue weighted by Gasteiger charge is -2.17. The molecule has 0 saturated heterocycles. The van der Waals surface area contributed by atoms with Crippen LogP contribution in [0.1, 0.15) is 12.5 Å². The van der Waals surface area contributed by atoms with E-state index in [-0.39, 0.29) is 6.04 Å². The molecular weight excluding hydrogens is 385 g/mol. The first-order chi connectivity index (χ1) is 9.65. The third kappa shape index (κ3) is 2.67. The summed E-state index contributed by atoms with van der Waals surface area (Å²) in [4.78, 5) is 17.8. The molecule has 20 heavy (non-hydrogen) atoms. The Kier molecular flexibility index (Phi) is 3.93. The minimum atomic E-state index is -0.251. The summed E-state index contributed by atoms with van der Waals surface area (Å²) in [6.45, 7) is 2.43. The fraction of sp³-hybridized carbons (Fsp3) is 0.214. The molecule has 0 fully saturated rings. The average molecular weight is 398 g/mol. The zero-order valence-corrected chi connectivity index (χ0v) is 13.8. The third-order valence-corrected chi connectivity index (χ3v) is 4.75. The standard InChI is InChI=1S/C14H13IN3OS/c1-10-9-20-14-16-8-13(18(19)17(10)14)6-5-11-3-2-4-12(15)7-11/h2-7,9,13H,8H2,1H3/q+1. The first-order valence-corrected chi connectivity index (χ1v) is 8.19. The van der Waals surface area contributed by atoms with Gasteiger partial charge < -0.3 is 0 Å². The number of aliphatic imine (C=N–C) groups is 1. The Labute approximate surface area is 135 Å². The number of fused-ring (bicyclic) bond motifs is 1. The van der Waals surface area contributed by atoms with E-state index in [1.807, 2.05) is 42.7 Å². The quantitative estimate of drug-likeness (QED) is 0.564. The highest BCUT2D eigenvalue weighted by Crippen LogP contribution is 2.29. The summed E-state index contributed by atoms with van der Waals surface area (Å²) in [5, 5.41) is 4.37. The molecule has 2 aliphatic heterocycles. The van der Waals surface area contributed by atoms with Crippen LogP contribution in [0.4, 0.5) is 0 Å². The minimum Gasteiger partial charge on any atom is -0.249 e. The third-order valence-electron chi connectivity index (χ3n) is 3.10. The fourth-order valence-corrected chi connectivity index (χ4v) is 3.51. The first-order valence-electron chi connectivity index (χ1n) is 6.23. The summed E-state index contributed by atoms with van der Waals surface area (Å²) in [6.07, 6.45) is 3.91. The zero-order chi connectivity index (χ0) is 14.1. The van der Waals surface area contributed by atoms with E-state index >= 15 is 0 Å². The molecular formula is C14H13IN3OS+. The second-order valence-electron chi connectivity index (χ2n) is 4.60. The van der Waals surface area contributed by atoms with Crippen LogP contribution in [0.15, 0.2) is 46.4 Å². The van der Waals surface area contributed by atoms with Gasteiger partial charge in [0.15, 0.2) is 0 Å². The Hall–Kier alpha value is -1.15. The van der Waals surface area contributed by atoms with Gasteiger partial charge in [-0.25, -0.2) is 4.99 Å². The number of nitroso groups, excluding NO2 is 1. The summed E-state index contributed by atoms with van der Waals surface area (Å²) in [5.74, 6) is 0.